The van der Waals surface area contributed by atoms with Gasteiger partial charge < -0.3 is 20.3 Å². The van der Waals surface area contributed by atoms with Gasteiger partial charge in [0.2, 0.25) is 0 Å². The van der Waals surface area contributed by atoms with Crippen LogP contribution in [-0.4, -0.2) is 49.6 Å². The number of guanidine groups is 1. The average Bonchev–Trinajstić information content (AvgIpc) is 3.26. The average molecular weight is 550 g/mol. The highest BCUT2D eigenvalue weighted by molar-refractivity contribution is 14.0. The molecular formula is C25H35IN4O2. The number of hydrogen-bond acceptors (Lipinski definition) is 3. The van der Waals surface area contributed by atoms with Crippen LogP contribution < -0.4 is 10.6 Å². The standard InChI is InChI=1S/C25H34N4O2.HI/c1-3-26-24(30)23-12-8-11-21(15-23)16-28-25(27-4-2)29-14-13-22(17-29)19-31-18-20-9-6-5-7-10-20;/h5-12,15,22H,3-4,13-14,16-19H2,1-2H3,(H,26,30)(H,27,28);1H. The Bertz CT molecular complexity index is 860. The molecule has 1 aliphatic rings. The summed E-state index contributed by atoms with van der Waals surface area (Å²) in [5.74, 6) is 1.39. The van der Waals surface area contributed by atoms with Crippen LogP contribution in [-0.2, 0) is 17.9 Å². The van der Waals surface area contributed by atoms with Gasteiger partial charge in [0.25, 0.3) is 5.91 Å². The number of nitrogens with zero attached hydrogens (tertiary/aromatic N) is 2. The predicted molar refractivity (Wildman–Crippen MR) is 140 cm³/mol. The van der Waals surface area contributed by atoms with E-state index in [1.807, 2.05) is 49.4 Å². The first-order valence-electron chi connectivity index (χ1n) is 11.2. The SMILES string of the molecule is CCNC(=O)c1cccc(CN=C(NCC)N2CCC(COCc3ccccc3)C2)c1.I. The second-order valence-corrected chi connectivity index (χ2v) is 7.83. The lowest BCUT2D eigenvalue weighted by atomic mass is 10.1. The van der Waals surface area contributed by atoms with E-state index in [-0.39, 0.29) is 29.9 Å². The fourth-order valence-corrected chi connectivity index (χ4v) is 3.74. The van der Waals surface area contributed by atoms with Crippen LogP contribution in [0.25, 0.3) is 0 Å². The number of halogens is 1. The van der Waals surface area contributed by atoms with Gasteiger partial charge in [-0.05, 0) is 43.5 Å². The highest BCUT2D eigenvalue weighted by Crippen LogP contribution is 2.18. The number of nitrogens with one attached hydrogen (secondary N) is 2. The van der Waals surface area contributed by atoms with E-state index in [1.54, 1.807) is 0 Å². The molecule has 3 rings (SSSR count). The fourth-order valence-electron chi connectivity index (χ4n) is 3.74. The number of benzene rings is 2. The van der Waals surface area contributed by atoms with Crippen molar-refractivity contribution in [2.75, 3.05) is 32.8 Å². The minimum atomic E-state index is -0.0434. The van der Waals surface area contributed by atoms with Gasteiger partial charge in [-0.1, -0.05) is 42.5 Å². The normalized spacial score (nSPS) is 15.9. The molecule has 2 aromatic carbocycles. The Morgan fingerprint density at radius 3 is 2.56 bits per heavy atom. The van der Waals surface area contributed by atoms with Crippen molar-refractivity contribution in [2.45, 2.75) is 33.4 Å². The van der Waals surface area contributed by atoms with Crippen molar-refractivity contribution >= 4 is 35.8 Å². The van der Waals surface area contributed by atoms with Crippen molar-refractivity contribution in [1.82, 2.24) is 15.5 Å². The quantitative estimate of drug-likeness (QED) is 0.281. The maximum absolute atomic E-state index is 12.1. The van der Waals surface area contributed by atoms with Gasteiger partial charge in [-0.3, -0.25) is 4.79 Å². The Morgan fingerprint density at radius 2 is 1.81 bits per heavy atom. The van der Waals surface area contributed by atoms with E-state index in [9.17, 15) is 4.79 Å². The molecule has 32 heavy (non-hydrogen) atoms. The predicted octanol–water partition coefficient (Wildman–Crippen LogP) is 4.06. The third-order valence-corrected chi connectivity index (χ3v) is 5.32. The van der Waals surface area contributed by atoms with Crippen LogP contribution in [0.2, 0.25) is 0 Å². The highest BCUT2D eigenvalue weighted by atomic mass is 127. The van der Waals surface area contributed by atoms with Crippen molar-refractivity contribution in [2.24, 2.45) is 10.9 Å². The number of hydrogen-bond donors (Lipinski definition) is 2. The van der Waals surface area contributed by atoms with Gasteiger partial charge in [-0.15, -0.1) is 24.0 Å². The number of likely N-dealkylation sites (tertiary alicyclic amines) is 1. The first-order chi connectivity index (χ1) is 15.2. The van der Waals surface area contributed by atoms with Crippen LogP contribution >= 0.6 is 24.0 Å². The monoisotopic (exact) mass is 550 g/mol. The molecule has 1 unspecified atom stereocenters. The second-order valence-electron chi connectivity index (χ2n) is 7.83. The molecule has 2 N–H and O–H groups in total. The van der Waals surface area contributed by atoms with Gasteiger partial charge >= 0.3 is 0 Å². The molecule has 0 radical (unpaired) electrons. The van der Waals surface area contributed by atoms with Crippen molar-refractivity contribution in [3.8, 4) is 0 Å². The van der Waals surface area contributed by atoms with Crippen molar-refractivity contribution < 1.29 is 9.53 Å². The van der Waals surface area contributed by atoms with Crippen LogP contribution in [0.15, 0.2) is 59.6 Å². The molecule has 1 atom stereocenters. The summed E-state index contributed by atoms with van der Waals surface area (Å²) in [6, 6.07) is 18.0. The van der Waals surface area contributed by atoms with Gasteiger partial charge in [0.15, 0.2) is 5.96 Å². The molecule has 0 bridgehead atoms. The minimum Gasteiger partial charge on any atom is -0.376 e. The van der Waals surface area contributed by atoms with E-state index in [4.69, 9.17) is 9.73 Å². The van der Waals surface area contributed by atoms with Crippen molar-refractivity contribution in [3.05, 3.63) is 71.3 Å². The first-order valence-corrected chi connectivity index (χ1v) is 11.2. The zero-order valence-corrected chi connectivity index (χ0v) is 21.4. The molecule has 1 fully saturated rings. The van der Waals surface area contributed by atoms with Crippen LogP contribution in [0, 0.1) is 5.92 Å². The zero-order valence-electron chi connectivity index (χ0n) is 19.0. The smallest absolute Gasteiger partial charge is 0.251 e. The Balaban J connectivity index is 0.00000363. The number of rotatable bonds is 9. The molecule has 1 saturated heterocycles. The summed E-state index contributed by atoms with van der Waals surface area (Å²) in [7, 11) is 0. The number of ether oxygens (including phenoxy) is 1. The Kier molecular flexibility index (Phi) is 11.5. The molecule has 174 valence electrons. The molecule has 0 saturated carbocycles. The van der Waals surface area contributed by atoms with Crippen LogP contribution in [0.4, 0.5) is 0 Å². The number of aliphatic imine (C=N–C) groups is 1. The third-order valence-electron chi connectivity index (χ3n) is 5.32. The van der Waals surface area contributed by atoms with E-state index >= 15 is 0 Å². The number of amides is 1. The Morgan fingerprint density at radius 1 is 1.06 bits per heavy atom. The van der Waals surface area contributed by atoms with Gasteiger partial charge in [-0.25, -0.2) is 4.99 Å². The van der Waals surface area contributed by atoms with Crippen molar-refractivity contribution in [3.63, 3.8) is 0 Å². The van der Waals surface area contributed by atoms with Gasteiger partial charge in [-0.2, -0.15) is 0 Å². The summed E-state index contributed by atoms with van der Waals surface area (Å²) in [4.78, 5) is 19.2. The number of carbonyl (C=O) groups is 1. The maximum Gasteiger partial charge on any atom is 0.251 e. The van der Waals surface area contributed by atoms with Crippen LogP contribution in [0.5, 0.6) is 0 Å². The molecule has 6 nitrogen and oxygen atoms in total. The van der Waals surface area contributed by atoms with E-state index < -0.39 is 0 Å². The van der Waals surface area contributed by atoms with Gasteiger partial charge in [0.1, 0.15) is 0 Å². The Labute approximate surface area is 208 Å². The molecule has 1 aliphatic heterocycles. The second kappa shape index (κ2) is 14.1. The van der Waals surface area contributed by atoms with Crippen molar-refractivity contribution in [1.29, 1.82) is 0 Å². The minimum absolute atomic E-state index is 0. The maximum atomic E-state index is 12.1. The molecule has 1 amide bonds. The van der Waals surface area contributed by atoms with Gasteiger partial charge in [0.05, 0.1) is 19.8 Å². The van der Waals surface area contributed by atoms with E-state index in [0.717, 1.165) is 44.2 Å². The molecule has 1 heterocycles. The van der Waals surface area contributed by atoms with E-state index in [1.165, 1.54) is 5.56 Å². The van der Waals surface area contributed by atoms with E-state index in [2.05, 4.69) is 34.6 Å². The van der Waals surface area contributed by atoms with E-state index in [0.29, 0.717) is 31.2 Å². The zero-order chi connectivity index (χ0) is 21.9. The summed E-state index contributed by atoms with van der Waals surface area (Å²) in [5.41, 5.74) is 2.92. The summed E-state index contributed by atoms with van der Waals surface area (Å²) in [6.45, 7) is 9.34. The highest BCUT2D eigenvalue weighted by Gasteiger charge is 2.25. The lowest BCUT2D eigenvalue weighted by Gasteiger charge is -2.21. The third kappa shape index (κ3) is 8.09. The summed E-state index contributed by atoms with van der Waals surface area (Å²) in [6.07, 6.45) is 1.10. The lowest BCUT2D eigenvalue weighted by molar-refractivity contribution is 0.0906. The number of carbonyl (C=O) groups excluding carboxylic acids is 1. The summed E-state index contributed by atoms with van der Waals surface area (Å²) in [5, 5.41) is 6.25. The largest absolute Gasteiger partial charge is 0.376 e. The topological polar surface area (TPSA) is 66.0 Å². The first kappa shape index (κ1) is 26.1. The molecule has 0 spiro atoms. The summed E-state index contributed by atoms with van der Waals surface area (Å²) < 4.78 is 5.95. The molecule has 0 aliphatic carbocycles. The molecule has 7 heteroatoms. The van der Waals surface area contributed by atoms with Gasteiger partial charge in [0, 0.05) is 37.7 Å². The molecule has 2 aromatic rings. The van der Waals surface area contributed by atoms with Crippen LogP contribution in [0.3, 0.4) is 0 Å². The summed E-state index contributed by atoms with van der Waals surface area (Å²) >= 11 is 0. The van der Waals surface area contributed by atoms with Crippen LogP contribution in [0.1, 0.15) is 41.8 Å². The Hall–Kier alpha value is -2.13. The fraction of sp³-hybridized carbons (Fsp3) is 0.440. The molecular weight excluding hydrogens is 515 g/mol. The molecule has 0 aromatic heterocycles. The lowest BCUT2D eigenvalue weighted by Crippen LogP contribution is -2.40.